The molecule has 0 bridgehead atoms. The Hall–Kier alpha value is -0.550. The van der Waals surface area contributed by atoms with Crippen molar-refractivity contribution in [3.8, 4) is 6.07 Å². The first-order chi connectivity index (χ1) is 7.08. The highest BCUT2D eigenvalue weighted by Gasteiger charge is 2.46. The van der Waals surface area contributed by atoms with E-state index in [1.807, 2.05) is 6.92 Å². The Morgan fingerprint density at radius 2 is 1.80 bits per heavy atom. The molecule has 0 radical (unpaired) electrons. The molecule has 0 aromatic carbocycles. The summed E-state index contributed by atoms with van der Waals surface area (Å²) in [6.45, 7) is 3.92. The number of aliphatic hydroxyl groups is 1. The van der Waals surface area contributed by atoms with Gasteiger partial charge in [0, 0.05) is 0 Å². The minimum Gasteiger partial charge on any atom is -0.389 e. The Balaban J connectivity index is 2.86. The van der Waals surface area contributed by atoms with Crippen LogP contribution >= 0.6 is 0 Å². The molecule has 1 aliphatic carbocycles. The molecule has 86 valence electrons. The molecule has 0 heterocycles. The Kier molecular flexibility index (Phi) is 4.16. The predicted molar refractivity (Wildman–Crippen MR) is 61.3 cm³/mol. The van der Waals surface area contributed by atoms with Gasteiger partial charge in [-0.3, -0.25) is 0 Å². The third-order valence-corrected chi connectivity index (χ3v) is 3.94. The summed E-state index contributed by atoms with van der Waals surface area (Å²) in [4.78, 5) is 0. The maximum absolute atomic E-state index is 10.5. The summed E-state index contributed by atoms with van der Waals surface area (Å²) in [7, 11) is 0. The quantitative estimate of drug-likeness (QED) is 0.724. The highest BCUT2D eigenvalue weighted by molar-refractivity contribution is 5.10. The standard InChI is InChI=1S/C13H23NO/c1-3-8-12(2,15)13(11-14)9-6-4-5-7-10-13/h15H,3-10H2,1-2H3. The fourth-order valence-corrected chi connectivity index (χ4v) is 2.83. The molecule has 1 rings (SSSR count). The van der Waals surface area contributed by atoms with E-state index in [1.54, 1.807) is 0 Å². The molecule has 0 spiro atoms. The molecule has 2 nitrogen and oxygen atoms in total. The van der Waals surface area contributed by atoms with Crippen LogP contribution in [0.3, 0.4) is 0 Å². The van der Waals surface area contributed by atoms with E-state index >= 15 is 0 Å². The Morgan fingerprint density at radius 3 is 2.20 bits per heavy atom. The second-order valence-electron chi connectivity index (χ2n) is 5.13. The molecular weight excluding hydrogens is 186 g/mol. The summed E-state index contributed by atoms with van der Waals surface area (Å²) in [5.41, 5.74) is -1.29. The summed E-state index contributed by atoms with van der Waals surface area (Å²) < 4.78 is 0. The maximum Gasteiger partial charge on any atom is 0.0857 e. The van der Waals surface area contributed by atoms with E-state index < -0.39 is 11.0 Å². The van der Waals surface area contributed by atoms with E-state index in [9.17, 15) is 10.4 Å². The van der Waals surface area contributed by atoms with Crippen LogP contribution < -0.4 is 0 Å². The smallest absolute Gasteiger partial charge is 0.0857 e. The number of hydrogen-bond acceptors (Lipinski definition) is 2. The van der Waals surface area contributed by atoms with E-state index in [4.69, 9.17) is 0 Å². The highest BCUT2D eigenvalue weighted by Crippen LogP contribution is 2.45. The van der Waals surface area contributed by atoms with Gasteiger partial charge in [-0.05, 0) is 26.2 Å². The Labute approximate surface area is 93.3 Å². The first kappa shape index (κ1) is 12.5. The molecule has 1 saturated carbocycles. The third kappa shape index (κ3) is 2.52. The number of nitriles is 1. The van der Waals surface area contributed by atoms with Crippen molar-refractivity contribution in [2.75, 3.05) is 0 Å². The van der Waals surface area contributed by atoms with Gasteiger partial charge in [0.25, 0.3) is 0 Å². The van der Waals surface area contributed by atoms with Crippen molar-refractivity contribution < 1.29 is 5.11 Å². The Morgan fingerprint density at radius 1 is 1.27 bits per heavy atom. The first-order valence-electron chi connectivity index (χ1n) is 6.21. The number of nitrogens with zero attached hydrogens (tertiary/aromatic N) is 1. The van der Waals surface area contributed by atoms with Crippen LogP contribution in [0.15, 0.2) is 0 Å². The molecule has 1 N–H and O–H groups in total. The van der Waals surface area contributed by atoms with Crippen molar-refractivity contribution in [3.63, 3.8) is 0 Å². The van der Waals surface area contributed by atoms with Gasteiger partial charge < -0.3 is 5.11 Å². The zero-order chi connectivity index (χ0) is 11.4. The minimum absolute atomic E-state index is 0.487. The van der Waals surface area contributed by atoms with E-state index in [2.05, 4.69) is 13.0 Å². The number of hydrogen-bond donors (Lipinski definition) is 1. The molecule has 1 aliphatic rings. The first-order valence-corrected chi connectivity index (χ1v) is 6.21. The molecule has 1 fully saturated rings. The average Bonchev–Trinajstić information content (AvgIpc) is 2.43. The summed E-state index contributed by atoms with van der Waals surface area (Å²) in [5, 5.41) is 19.9. The lowest BCUT2D eigenvalue weighted by Gasteiger charge is -2.40. The molecule has 2 heteroatoms. The molecular formula is C13H23NO. The van der Waals surface area contributed by atoms with Gasteiger partial charge >= 0.3 is 0 Å². The molecule has 1 unspecified atom stereocenters. The van der Waals surface area contributed by atoms with E-state index in [-0.39, 0.29) is 0 Å². The van der Waals surface area contributed by atoms with Crippen molar-refractivity contribution in [2.24, 2.45) is 5.41 Å². The fourth-order valence-electron chi connectivity index (χ4n) is 2.83. The third-order valence-electron chi connectivity index (χ3n) is 3.94. The normalized spacial score (nSPS) is 24.9. The topological polar surface area (TPSA) is 44.0 Å². The van der Waals surface area contributed by atoms with Crippen molar-refractivity contribution >= 4 is 0 Å². The summed E-state index contributed by atoms with van der Waals surface area (Å²) in [6, 6.07) is 2.43. The van der Waals surface area contributed by atoms with E-state index in [1.165, 1.54) is 12.8 Å². The lowest BCUT2D eigenvalue weighted by molar-refractivity contribution is -0.0543. The van der Waals surface area contributed by atoms with Gasteiger partial charge in [-0.25, -0.2) is 0 Å². The van der Waals surface area contributed by atoms with E-state index in [0.717, 1.165) is 38.5 Å². The molecule has 0 aromatic rings. The Bertz CT molecular complexity index is 231. The average molecular weight is 209 g/mol. The molecule has 1 atom stereocenters. The second kappa shape index (κ2) is 4.99. The van der Waals surface area contributed by atoms with Gasteiger partial charge in [0.05, 0.1) is 17.1 Å². The zero-order valence-corrected chi connectivity index (χ0v) is 10.1. The van der Waals surface area contributed by atoms with Crippen molar-refractivity contribution in [1.82, 2.24) is 0 Å². The van der Waals surface area contributed by atoms with Gasteiger partial charge in [-0.15, -0.1) is 0 Å². The summed E-state index contributed by atoms with van der Waals surface area (Å²) in [6.07, 6.45) is 8.03. The van der Waals surface area contributed by atoms with Gasteiger partial charge in [0.15, 0.2) is 0 Å². The van der Waals surface area contributed by atoms with Crippen molar-refractivity contribution in [2.45, 2.75) is 70.8 Å². The van der Waals surface area contributed by atoms with Crippen LogP contribution in [0.5, 0.6) is 0 Å². The fraction of sp³-hybridized carbons (Fsp3) is 0.923. The lowest BCUT2D eigenvalue weighted by atomic mass is 9.67. The molecule has 0 saturated heterocycles. The molecule has 15 heavy (non-hydrogen) atoms. The largest absolute Gasteiger partial charge is 0.389 e. The maximum atomic E-state index is 10.5. The summed E-state index contributed by atoms with van der Waals surface area (Å²) >= 11 is 0. The van der Waals surface area contributed by atoms with Gasteiger partial charge in [0.2, 0.25) is 0 Å². The van der Waals surface area contributed by atoms with Crippen molar-refractivity contribution in [3.05, 3.63) is 0 Å². The van der Waals surface area contributed by atoms with Gasteiger partial charge in [0.1, 0.15) is 0 Å². The minimum atomic E-state index is -0.805. The van der Waals surface area contributed by atoms with Gasteiger partial charge in [-0.2, -0.15) is 5.26 Å². The molecule has 0 amide bonds. The lowest BCUT2D eigenvalue weighted by Crippen LogP contribution is -2.44. The van der Waals surface area contributed by atoms with Crippen LogP contribution in [-0.4, -0.2) is 10.7 Å². The zero-order valence-electron chi connectivity index (χ0n) is 10.1. The highest BCUT2D eigenvalue weighted by atomic mass is 16.3. The SMILES string of the molecule is CCCC(C)(O)C1(C#N)CCCCCC1. The molecule has 0 aromatic heterocycles. The monoisotopic (exact) mass is 209 g/mol. The predicted octanol–water partition coefficient (Wildman–Crippen LogP) is 3.40. The second-order valence-corrected chi connectivity index (χ2v) is 5.13. The van der Waals surface area contributed by atoms with Crippen molar-refractivity contribution in [1.29, 1.82) is 5.26 Å². The van der Waals surface area contributed by atoms with Gasteiger partial charge in [-0.1, -0.05) is 39.0 Å². The molecule has 0 aliphatic heterocycles. The van der Waals surface area contributed by atoms with Crippen LogP contribution in [0.4, 0.5) is 0 Å². The van der Waals surface area contributed by atoms with Crippen LogP contribution in [0.25, 0.3) is 0 Å². The van der Waals surface area contributed by atoms with Crippen LogP contribution in [0.2, 0.25) is 0 Å². The number of rotatable bonds is 3. The van der Waals surface area contributed by atoms with Crippen LogP contribution in [0, 0.1) is 16.7 Å². The van der Waals surface area contributed by atoms with Crippen LogP contribution in [0.1, 0.15) is 65.2 Å². The summed E-state index contributed by atoms with van der Waals surface area (Å²) in [5.74, 6) is 0. The van der Waals surface area contributed by atoms with Crippen LogP contribution in [-0.2, 0) is 0 Å². The van der Waals surface area contributed by atoms with E-state index in [0.29, 0.717) is 0 Å².